The van der Waals surface area contributed by atoms with E-state index in [0.717, 1.165) is 24.0 Å². The van der Waals surface area contributed by atoms with E-state index in [1.807, 2.05) is 24.3 Å². The van der Waals surface area contributed by atoms with E-state index in [-0.39, 0.29) is 11.3 Å². The van der Waals surface area contributed by atoms with Crippen LogP contribution in [0.15, 0.2) is 24.3 Å². The van der Waals surface area contributed by atoms with Crippen molar-refractivity contribution in [3.8, 4) is 17.9 Å². The van der Waals surface area contributed by atoms with Crippen molar-refractivity contribution in [1.29, 1.82) is 5.26 Å². The van der Waals surface area contributed by atoms with Crippen LogP contribution in [0.3, 0.4) is 0 Å². The molecule has 0 heterocycles. The number of nitrogens with zero attached hydrogens (tertiary/aromatic N) is 1. The highest BCUT2D eigenvalue weighted by molar-refractivity contribution is 5.72. The lowest BCUT2D eigenvalue weighted by Gasteiger charge is -2.05. The lowest BCUT2D eigenvalue weighted by Crippen LogP contribution is -2.20. The third kappa shape index (κ3) is 3.36. The molecule has 1 aromatic rings. The topological polar surface area (TPSA) is 52.9 Å². The summed E-state index contributed by atoms with van der Waals surface area (Å²) in [7, 11) is 0. The average Bonchev–Trinajstić information content (AvgIpc) is 3.19. The van der Waals surface area contributed by atoms with E-state index in [0.29, 0.717) is 13.0 Å². The zero-order valence-electron chi connectivity index (χ0n) is 11.0. The molecule has 0 spiro atoms. The van der Waals surface area contributed by atoms with Crippen molar-refractivity contribution >= 4 is 5.91 Å². The normalized spacial score (nSPS) is 14.7. The summed E-state index contributed by atoms with van der Waals surface area (Å²) in [6.07, 6.45) is 2.53. The van der Waals surface area contributed by atoms with Crippen LogP contribution in [0, 0.1) is 23.2 Å². The van der Waals surface area contributed by atoms with Crippen LogP contribution in [0.4, 0.5) is 0 Å². The van der Waals surface area contributed by atoms with Gasteiger partial charge < -0.3 is 5.32 Å². The van der Waals surface area contributed by atoms with Gasteiger partial charge in [0.15, 0.2) is 0 Å². The molecule has 0 aromatic heterocycles. The molecule has 19 heavy (non-hydrogen) atoms. The number of nitriles is 1. The van der Waals surface area contributed by atoms with Crippen LogP contribution >= 0.6 is 0 Å². The van der Waals surface area contributed by atoms with Crippen LogP contribution in [-0.4, -0.2) is 12.5 Å². The van der Waals surface area contributed by atoms with Crippen LogP contribution in [0.25, 0.3) is 0 Å². The Morgan fingerprint density at radius 1 is 1.47 bits per heavy atom. The molecule has 1 aliphatic carbocycles. The summed E-state index contributed by atoms with van der Waals surface area (Å²) in [5.41, 5.74) is 1.75. The third-order valence-corrected chi connectivity index (χ3v) is 3.24. The number of nitrogens with one attached hydrogen (secondary N) is 1. The fourth-order valence-electron chi connectivity index (χ4n) is 1.95. The van der Waals surface area contributed by atoms with E-state index in [1.54, 1.807) is 0 Å². The van der Waals surface area contributed by atoms with E-state index in [4.69, 9.17) is 0 Å². The molecule has 1 aliphatic rings. The molecule has 0 bridgehead atoms. The Hall–Kier alpha value is -2.26. The molecule has 96 valence electrons. The standard InChI is InChI=1S/C16H16N2O/c1-13(19)18-10-3-2-5-14-6-4-7-15(11-14)16(12-17)8-9-16/h4,6-7,11H,3,8-10H2,1H3,(H,18,19). The number of hydrogen-bond donors (Lipinski definition) is 1. The molecule has 1 amide bonds. The van der Waals surface area contributed by atoms with Crippen LogP contribution < -0.4 is 5.32 Å². The lowest BCUT2D eigenvalue weighted by molar-refractivity contribution is -0.118. The van der Waals surface area contributed by atoms with Crippen molar-refractivity contribution in [2.75, 3.05) is 6.54 Å². The van der Waals surface area contributed by atoms with Crippen molar-refractivity contribution in [3.05, 3.63) is 35.4 Å². The monoisotopic (exact) mass is 252 g/mol. The highest BCUT2D eigenvalue weighted by atomic mass is 16.1. The highest BCUT2D eigenvalue weighted by Crippen LogP contribution is 2.47. The van der Waals surface area contributed by atoms with Gasteiger partial charge in [-0.25, -0.2) is 0 Å². The Bertz CT molecular complexity index is 583. The second kappa shape index (κ2) is 5.59. The number of amides is 1. The Kier molecular flexibility index (Phi) is 3.88. The van der Waals surface area contributed by atoms with Gasteiger partial charge in [-0.3, -0.25) is 4.79 Å². The number of hydrogen-bond acceptors (Lipinski definition) is 2. The van der Waals surface area contributed by atoms with Gasteiger partial charge in [0.25, 0.3) is 0 Å². The maximum Gasteiger partial charge on any atom is 0.216 e. The predicted octanol–water partition coefficient (Wildman–Crippen LogP) is 2.12. The van der Waals surface area contributed by atoms with Gasteiger partial charge in [-0.05, 0) is 30.5 Å². The highest BCUT2D eigenvalue weighted by Gasteiger charge is 2.44. The van der Waals surface area contributed by atoms with Crippen molar-refractivity contribution in [2.24, 2.45) is 0 Å². The molecular formula is C16H16N2O. The molecule has 0 unspecified atom stereocenters. The molecule has 1 aromatic carbocycles. The quantitative estimate of drug-likeness (QED) is 0.661. The van der Waals surface area contributed by atoms with E-state index in [2.05, 4.69) is 23.2 Å². The first-order valence-corrected chi connectivity index (χ1v) is 6.41. The fourth-order valence-corrected chi connectivity index (χ4v) is 1.95. The lowest BCUT2D eigenvalue weighted by atomic mass is 9.96. The molecule has 1 saturated carbocycles. The van der Waals surface area contributed by atoms with Crippen molar-refractivity contribution < 1.29 is 4.79 Å². The molecule has 3 heteroatoms. The van der Waals surface area contributed by atoms with Crippen molar-refractivity contribution in [1.82, 2.24) is 5.32 Å². The van der Waals surface area contributed by atoms with Gasteiger partial charge in [0.1, 0.15) is 0 Å². The van der Waals surface area contributed by atoms with Gasteiger partial charge in [-0.15, -0.1) is 0 Å². The van der Waals surface area contributed by atoms with Crippen LogP contribution in [0.2, 0.25) is 0 Å². The first kappa shape index (κ1) is 13.2. The molecule has 0 radical (unpaired) electrons. The summed E-state index contributed by atoms with van der Waals surface area (Å²) >= 11 is 0. The minimum Gasteiger partial charge on any atom is -0.355 e. The average molecular weight is 252 g/mol. The molecule has 2 rings (SSSR count). The summed E-state index contributed by atoms with van der Waals surface area (Å²) in [5, 5.41) is 11.9. The van der Waals surface area contributed by atoms with Gasteiger partial charge >= 0.3 is 0 Å². The molecule has 1 N–H and O–H groups in total. The molecular weight excluding hydrogens is 236 g/mol. The van der Waals surface area contributed by atoms with E-state index < -0.39 is 0 Å². The molecule has 0 atom stereocenters. The minimum absolute atomic E-state index is 0.0338. The Balaban J connectivity index is 1.99. The predicted molar refractivity (Wildman–Crippen MR) is 73.1 cm³/mol. The minimum atomic E-state index is -0.256. The van der Waals surface area contributed by atoms with E-state index >= 15 is 0 Å². The number of benzene rings is 1. The molecule has 0 aliphatic heterocycles. The van der Waals surface area contributed by atoms with Crippen molar-refractivity contribution in [3.63, 3.8) is 0 Å². The number of carbonyl (C=O) groups is 1. The molecule has 0 saturated heterocycles. The van der Waals surface area contributed by atoms with Crippen LogP contribution in [0.5, 0.6) is 0 Å². The second-order valence-electron chi connectivity index (χ2n) is 4.81. The first-order valence-electron chi connectivity index (χ1n) is 6.41. The van der Waals surface area contributed by atoms with Crippen LogP contribution in [0.1, 0.15) is 37.3 Å². The van der Waals surface area contributed by atoms with Gasteiger partial charge in [-0.2, -0.15) is 5.26 Å². The SMILES string of the molecule is CC(=O)NCCC#Cc1cccc(C2(C#N)CC2)c1. The van der Waals surface area contributed by atoms with Gasteiger partial charge in [0.2, 0.25) is 5.91 Å². The van der Waals surface area contributed by atoms with E-state index in [1.165, 1.54) is 6.92 Å². The van der Waals surface area contributed by atoms with Gasteiger partial charge in [-0.1, -0.05) is 24.0 Å². The summed E-state index contributed by atoms with van der Waals surface area (Å²) in [6.45, 7) is 2.07. The summed E-state index contributed by atoms with van der Waals surface area (Å²) in [6, 6.07) is 10.3. The van der Waals surface area contributed by atoms with Crippen LogP contribution in [-0.2, 0) is 10.2 Å². The number of carbonyl (C=O) groups excluding carboxylic acids is 1. The second-order valence-corrected chi connectivity index (χ2v) is 4.81. The Morgan fingerprint density at radius 2 is 2.26 bits per heavy atom. The zero-order valence-corrected chi connectivity index (χ0v) is 11.0. The Morgan fingerprint density at radius 3 is 2.89 bits per heavy atom. The van der Waals surface area contributed by atoms with Crippen molar-refractivity contribution in [2.45, 2.75) is 31.6 Å². The zero-order chi connectivity index (χ0) is 13.7. The fraction of sp³-hybridized carbons (Fsp3) is 0.375. The first-order chi connectivity index (χ1) is 9.16. The maximum absolute atomic E-state index is 10.7. The molecule has 3 nitrogen and oxygen atoms in total. The molecule has 1 fully saturated rings. The van der Waals surface area contributed by atoms with Gasteiger partial charge in [0, 0.05) is 25.5 Å². The summed E-state index contributed by atoms with van der Waals surface area (Å²) in [4.78, 5) is 10.7. The maximum atomic E-state index is 10.7. The third-order valence-electron chi connectivity index (χ3n) is 3.24. The van der Waals surface area contributed by atoms with E-state index in [9.17, 15) is 10.1 Å². The smallest absolute Gasteiger partial charge is 0.216 e. The Labute approximate surface area is 113 Å². The summed E-state index contributed by atoms with van der Waals surface area (Å²) < 4.78 is 0. The van der Waals surface area contributed by atoms with Gasteiger partial charge in [0.05, 0.1) is 11.5 Å². The largest absolute Gasteiger partial charge is 0.355 e. The number of rotatable bonds is 3. The summed E-state index contributed by atoms with van der Waals surface area (Å²) in [5.74, 6) is 6.06.